The average Bonchev–Trinajstić information content (AvgIpc) is 2.55. The Kier molecular flexibility index (Phi) is 5.16. The van der Waals surface area contributed by atoms with Crippen LogP contribution in [0.5, 0.6) is 5.75 Å². The number of aromatic nitrogens is 1. The monoisotopic (exact) mass is 281 g/mol. The molecule has 1 aromatic carbocycles. The first-order valence-electron chi connectivity index (χ1n) is 7.07. The molecule has 0 radical (unpaired) electrons. The van der Waals surface area contributed by atoms with Crippen molar-refractivity contribution < 1.29 is 4.74 Å². The first kappa shape index (κ1) is 14.9. The van der Waals surface area contributed by atoms with E-state index in [1.165, 1.54) is 0 Å². The maximum absolute atomic E-state index is 9.46. The molecule has 0 bridgehead atoms. The summed E-state index contributed by atoms with van der Waals surface area (Å²) in [6.07, 6.45) is 3.89. The number of methoxy groups -OCH3 is 1. The predicted molar refractivity (Wildman–Crippen MR) is 84.3 cm³/mol. The molecule has 0 saturated carbocycles. The van der Waals surface area contributed by atoms with E-state index in [4.69, 9.17) is 4.74 Å². The van der Waals surface area contributed by atoms with Crippen LogP contribution in [0.15, 0.2) is 36.5 Å². The van der Waals surface area contributed by atoms with Crippen molar-refractivity contribution >= 4 is 5.82 Å². The molecule has 0 aliphatic rings. The normalized spacial score (nSPS) is 9.95. The summed E-state index contributed by atoms with van der Waals surface area (Å²) in [5.74, 6) is 1.45. The molecule has 2 rings (SSSR count). The van der Waals surface area contributed by atoms with Crippen molar-refractivity contribution in [2.45, 2.75) is 19.8 Å². The lowest BCUT2D eigenvalue weighted by Gasteiger charge is -2.11. The fourth-order valence-corrected chi connectivity index (χ4v) is 2.10. The van der Waals surface area contributed by atoms with E-state index >= 15 is 0 Å². The van der Waals surface area contributed by atoms with Crippen LogP contribution in [0.1, 0.15) is 25.3 Å². The fraction of sp³-hybridized carbons (Fsp3) is 0.294. The summed E-state index contributed by atoms with van der Waals surface area (Å²) in [7, 11) is 1.64. The summed E-state index contributed by atoms with van der Waals surface area (Å²) < 4.78 is 5.16. The number of hydrogen-bond donors (Lipinski definition) is 1. The van der Waals surface area contributed by atoms with E-state index in [2.05, 4.69) is 23.3 Å². The minimum absolute atomic E-state index is 0.582. The Morgan fingerprint density at radius 3 is 2.62 bits per heavy atom. The van der Waals surface area contributed by atoms with Crippen LogP contribution in [0, 0.1) is 11.3 Å². The van der Waals surface area contributed by atoms with Gasteiger partial charge in [0.1, 0.15) is 23.2 Å². The van der Waals surface area contributed by atoms with Crippen molar-refractivity contribution in [1.29, 1.82) is 5.26 Å². The number of nitrogens with zero attached hydrogens (tertiary/aromatic N) is 2. The maximum Gasteiger partial charge on any atom is 0.144 e. The van der Waals surface area contributed by atoms with Crippen LogP contribution in [0.4, 0.5) is 5.82 Å². The number of nitrogens with one attached hydrogen (secondary N) is 1. The van der Waals surface area contributed by atoms with E-state index in [-0.39, 0.29) is 0 Å². The minimum atomic E-state index is 0.582. The Balaban J connectivity index is 2.34. The molecule has 1 heterocycles. The highest BCUT2D eigenvalue weighted by atomic mass is 16.5. The third-order valence-corrected chi connectivity index (χ3v) is 3.29. The molecule has 108 valence electrons. The molecule has 4 heteroatoms. The van der Waals surface area contributed by atoms with E-state index in [1.54, 1.807) is 13.3 Å². The van der Waals surface area contributed by atoms with E-state index < -0.39 is 0 Å². The quantitative estimate of drug-likeness (QED) is 0.817. The van der Waals surface area contributed by atoms with Crippen molar-refractivity contribution in [3.05, 3.63) is 42.1 Å². The van der Waals surface area contributed by atoms with Crippen molar-refractivity contribution in [3.8, 4) is 22.9 Å². The maximum atomic E-state index is 9.46. The number of pyridine rings is 1. The Bertz CT molecular complexity index is 629. The Hall–Kier alpha value is -2.54. The molecule has 0 unspecified atom stereocenters. The van der Waals surface area contributed by atoms with Crippen LogP contribution >= 0.6 is 0 Å². The molecule has 0 atom stereocenters. The molecule has 1 N–H and O–H groups in total. The number of unbranched alkanes of at least 4 members (excludes halogenated alkanes) is 1. The SMILES string of the molecule is CCCCNc1nccc(-c2ccc(OC)cc2)c1C#N. The first-order valence-corrected chi connectivity index (χ1v) is 7.07. The van der Waals surface area contributed by atoms with Gasteiger partial charge in [-0.25, -0.2) is 4.98 Å². The Morgan fingerprint density at radius 1 is 1.24 bits per heavy atom. The molecule has 0 fully saturated rings. The van der Waals surface area contributed by atoms with Gasteiger partial charge >= 0.3 is 0 Å². The standard InChI is InChI=1S/C17H19N3O/c1-3-4-10-19-17-16(12-18)15(9-11-20-17)13-5-7-14(21-2)8-6-13/h5-9,11H,3-4,10H2,1-2H3,(H,19,20). The van der Waals surface area contributed by atoms with Crippen molar-refractivity contribution in [3.63, 3.8) is 0 Å². The predicted octanol–water partition coefficient (Wildman–Crippen LogP) is 3.84. The Labute approximate surface area is 125 Å². The van der Waals surface area contributed by atoms with Gasteiger partial charge < -0.3 is 10.1 Å². The lowest BCUT2D eigenvalue weighted by molar-refractivity contribution is 0.415. The zero-order valence-corrected chi connectivity index (χ0v) is 12.4. The van der Waals surface area contributed by atoms with Crippen LogP contribution in [-0.2, 0) is 0 Å². The van der Waals surface area contributed by atoms with Gasteiger partial charge in [0, 0.05) is 18.3 Å². The summed E-state index contributed by atoms with van der Waals surface area (Å²) in [6.45, 7) is 2.96. The largest absolute Gasteiger partial charge is 0.497 e. The third-order valence-electron chi connectivity index (χ3n) is 3.29. The van der Waals surface area contributed by atoms with Crippen LogP contribution in [0.3, 0.4) is 0 Å². The second-order valence-corrected chi connectivity index (χ2v) is 4.70. The summed E-state index contributed by atoms with van der Waals surface area (Å²) in [4.78, 5) is 4.28. The summed E-state index contributed by atoms with van der Waals surface area (Å²) in [6, 6.07) is 11.8. The molecular weight excluding hydrogens is 262 g/mol. The lowest BCUT2D eigenvalue weighted by Crippen LogP contribution is -2.05. The molecule has 4 nitrogen and oxygen atoms in total. The number of benzene rings is 1. The van der Waals surface area contributed by atoms with E-state index in [0.717, 1.165) is 36.3 Å². The van der Waals surface area contributed by atoms with Gasteiger partial charge in [0.2, 0.25) is 0 Å². The first-order chi connectivity index (χ1) is 10.3. The lowest BCUT2D eigenvalue weighted by atomic mass is 10.0. The molecule has 2 aromatic rings. The van der Waals surface area contributed by atoms with Gasteiger partial charge in [-0.05, 0) is 30.2 Å². The molecule has 0 aliphatic heterocycles. The van der Waals surface area contributed by atoms with Gasteiger partial charge in [0.15, 0.2) is 0 Å². The van der Waals surface area contributed by atoms with Gasteiger partial charge in [-0.15, -0.1) is 0 Å². The number of nitriles is 1. The Morgan fingerprint density at radius 2 is 2.00 bits per heavy atom. The van der Waals surface area contributed by atoms with Crippen molar-refractivity contribution in [1.82, 2.24) is 4.98 Å². The zero-order valence-electron chi connectivity index (χ0n) is 12.4. The molecule has 0 saturated heterocycles. The summed E-state index contributed by atoms with van der Waals surface area (Å²) in [5.41, 5.74) is 2.45. The molecule has 21 heavy (non-hydrogen) atoms. The number of rotatable bonds is 6. The third kappa shape index (κ3) is 3.51. The topological polar surface area (TPSA) is 57.9 Å². The highest BCUT2D eigenvalue weighted by Gasteiger charge is 2.11. The molecule has 1 aromatic heterocycles. The van der Waals surface area contributed by atoms with Crippen LogP contribution in [0.25, 0.3) is 11.1 Å². The van der Waals surface area contributed by atoms with Crippen molar-refractivity contribution in [2.75, 3.05) is 19.0 Å². The molecular formula is C17H19N3O. The van der Waals surface area contributed by atoms with E-state index in [9.17, 15) is 5.26 Å². The van der Waals surface area contributed by atoms with E-state index in [1.807, 2.05) is 30.3 Å². The van der Waals surface area contributed by atoms with Crippen molar-refractivity contribution in [2.24, 2.45) is 0 Å². The molecule has 0 aliphatic carbocycles. The fourth-order valence-electron chi connectivity index (χ4n) is 2.10. The summed E-state index contributed by atoms with van der Waals surface area (Å²) >= 11 is 0. The second kappa shape index (κ2) is 7.30. The van der Waals surface area contributed by atoms with E-state index in [0.29, 0.717) is 11.4 Å². The number of anilines is 1. The number of ether oxygens (including phenoxy) is 1. The van der Waals surface area contributed by atoms with Gasteiger partial charge in [-0.1, -0.05) is 25.5 Å². The average molecular weight is 281 g/mol. The minimum Gasteiger partial charge on any atom is -0.497 e. The van der Waals surface area contributed by atoms with Gasteiger partial charge in [-0.2, -0.15) is 5.26 Å². The second-order valence-electron chi connectivity index (χ2n) is 4.70. The smallest absolute Gasteiger partial charge is 0.144 e. The van der Waals surface area contributed by atoms with Crippen LogP contribution < -0.4 is 10.1 Å². The van der Waals surface area contributed by atoms with Crippen LogP contribution in [0.2, 0.25) is 0 Å². The summed E-state index contributed by atoms with van der Waals surface area (Å²) in [5, 5.41) is 12.7. The molecule has 0 spiro atoms. The highest BCUT2D eigenvalue weighted by Crippen LogP contribution is 2.28. The van der Waals surface area contributed by atoms with Gasteiger partial charge in [-0.3, -0.25) is 0 Å². The van der Waals surface area contributed by atoms with Gasteiger partial charge in [0.25, 0.3) is 0 Å². The highest BCUT2D eigenvalue weighted by molar-refractivity contribution is 5.76. The van der Waals surface area contributed by atoms with Crippen LogP contribution in [-0.4, -0.2) is 18.6 Å². The zero-order chi connectivity index (χ0) is 15.1. The number of hydrogen-bond acceptors (Lipinski definition) is 4. The van der Waals surface area contributed by atoms with Gasteiger partial charge in [0.05, 0.1) is 7.11 Å². The molecule has 0 amide bonds.